The fraction of sp³-hybridized carbons (Fsp3) is 0.100. The number of hydrogen-bond acceptors (Lipinski definition) is 5. The number of nitrogens with zero attached hydrogens (tertiary/aromatic N) is 3. The molecule has 2 aromatic heterocycles. The molecular formula is C20H15ClN4O2S. The van der Waals surface area contributed by atoms with Gasteiger partial charge in [-0.1, -0.05) is 41.9 Å². The molecule has 2 heterocycles. The Bertz CT molecular complexity index is 1220. The van der Waals surface area contributed by atoms with Crippen molar-refractivity contribution in [3.63, 3.8) is 0 Å². The van der Waals surface area contributed by atoms with E-state index in [1.165, 1.54) is 11.3 Å². The summed E-state index contributed by atoms with van der Waals surface area (Å²) in [7, 11) is 0. The molecule has 0 fully saturated rings. The molecule has 0 saturated carbocycles. The predicted octanol–water partition coefficient (Wildman–Crippen LogP) is 3.74. The van der Waals surface area contributed by atoms with E-state index >= 15 is 0 Å². The summed E-state index contributed by atoms with van der Waals surface area (Å²) in [4.78, 5) is 30.0. The molecular weight excluding hydrogens is 396 g/mol. The highest BCUT2D eigenvalue weighted by molar-refractivity contribution is 7.15. The van der Waals surface area contributed by atoms with Crippen LogP contribution in [0.3, 0.4) is 0 Å². The van der Waals surface area contributed by atoms with Gasteiger partial charge in [0.05, 0.1) is 11.6 Å². The molecule has 0 aliphatic carbocycles. The molecule has 1 amide bonds. The van der Waals surface area contributed by atoms with Gasteiger partial charge in [-0.3, -0.25) is 9.59 Å². The van der Waals surface area contributed by atoms with Gasteiger partial charge in [-0.25, -0.2) is 9.67 Å². The van der Waals surface area contributed by atoms with Crippen molar-refractivity contribution in [1.82, 2.24) is 14.8 Å². The molecule has 0 aliphatic heterocycles. The van der Waals surface area contributed by atoms with Crippen LogP contribution in [-0.2, 0) is 17.8 Å². The third-order valence-electron chi connectivity index (χ3n) is 4.12. The summed E-state index contributed by atoms with van der Waals surface area (Å²) in [6, 6.07) is 14.8. The van der Waals surface area contributed by atoms with Crippen LogP contribution in [0.5, 0.6) is 0 Å². The van der Waals surface area contributed by atoms with Gasteiger partial charge in [-0.2, -0.15) is 5.10 Å². The monoisotopic (exact) mass is 410 g/mol. The summed E-state index contributed by atoms with van der Waals surface area (Å²) in [6.07, 6.45) is 3.98. The van der Waals surface area contributed by atoms with Crippen LogP contribution in [0.15, 0.2) is 65.7 Å². The maximum atomic E-state index is 12.4. The standard InChI is InChI=1S/C20H15ClN4O2S/c21-15-6-3-4-13(8-15)9-16-11-22-20(28-16)24-18(26)12-25-19(27)17-7-2-1-5-14(17)10-23-25/h1-8,10-11H,9,12H2,(H,22,24,26). The first-order valence-corrected chi connectivity index (χ1v) is 9.72. The molecule has 0 spiro atoms. The average molecular weight is 411 g/mol. The molecule has 28 heavy (non-hydrogen) atoms. The summed E-state index contributed by atoms with van der Waals surface area (Å²) in [5.74, 6) is -0.353. The lowest BCUT2D eigenvalue weighted by Crippen LogP contribution is -2.29. The number of carbonyl (C=O) groups is 1. The Balaban J connectivity index is 1.44. The Labute approximate surface area is 169 Å². The molecule has 0 radical (unpaired) electrons. The number of carbonyl (C=O) groups excluding carboxylic acids is 1. The molecule has 8 heteroatoms. The Morgan fingerprint density at radius 2 is 2.00 bits per heavy atom. The average Bonchev–Trinajstić information content (AvgIpc) is 3.11. The van der Waals surface area contributed by atoms with E-state index in [0.29, 0.717) is 22.0 Å². The molecule has 140 valence electrons. The van der Waals surface area contributed by atoms with E-state index < -0.39 is 0 Å². The molecule has 4 rings (SSSR count). The lowest BCUT2D eigenvalue weighted by Gasteiger charge is -2.05. The van der Waals surface area contributed by atoms with Gasteiger partial charge in [0.15, 0.2) is 5.13 Å². The highest BCUT2D eigenvalue weighted by Crippen LogP contribution is 2.22. The van der Waals surface area contributed by atoms with Crippen LogP contribution >= 0.6 is 22.9 Å². The Morgan fingerprint density at radius 3 is 2.86 bits per heavy atom. The summed E-state index contributed by atoms with van der Waals surface area (Å²) in [5.41, 5.74) is 0.773. The predicted molar refractivity (Wildman–Crippen MR) is 111 cm³/mol. The van der Waals surface area contributed by atoms with E-state index in [0.717, 1.165) is 20.5 Å². The van der Waals surface area contributed by atoms with Crippen LogP contribution < -0.4 is 10.9 Å². The maximum Gasteiger partial charge on any atom is 0.275 e. The van der Waals surface area contributed by atoms with Gasteiger partial charge in [-0.05, 0) is 23.8 Å². The molecule has 4 aromatic rings. The van der Waals surface area contributed by atoms with E-state index in [9.17, 15) is 9.59 Å². The zero-order valence-electron chi connectivity index (χ0n) is 14.6. The number of amides is 1. The number of benzene rings is 2. The smallest absolute Gasteiger partial charge is 0.275 e. The zero-order valence-corrected chi connectivity index (χ0v) is 16.2. The van der Waals surface area contributed by atoms with Gasteiger partial charge in [0.2, 0.25) is 5.91 Å². The fourth-order valence-electron chi connectivity index (χ4n) is 2.83. The molecule has 2 aromatic carbocycles. The third-order valence-corrected chi connectivity index (χ3v) is 5.27. The number of nitrogens with one attached hydrogen (secondary N) is 1. The number of aromatic nitrogens is 3. The van der Waals surface area contributed by atoms with E-state index in [-0.39, 0.29) is 18.0 Å². The Hall–Kier alpha value is -3.03. The van der Waals surface area contributed by atoms with Crippen molar-refractivity contribution in [3.8, 4) is 0 Å². The van der Waals surface area contributed by atoms with Crippen molar-refractivity contribution in [2.75, 3.05) is 5.32 Å². The van der Waals surface area contributed by atoms with Gasteiger partial charge in [0, 0.05) is 27.9 Å². The van der Waals surface area contributed by atoms with Crippen molar-refractivity contribution in [1.29, 1.82) is 0 Å². The summed E-state index contributed by atoms with van der Waals surface area (Å²) < 4.78 is 1.15. The zero-order chi connectivity index (χ0) is 19.5. The largest absolute Gasteiger partial charge is 0.300 e. The lowest BCUT2D eigenvalue weighted by molar-refractivity contribution is -0.117. The van der Waals surface area contributed by atoms with Gasteiger partial charge >= 0.3 is 0 Å². The van der Waals surface area contributed by atoms with Crippen molar-refractivity contribution >= 4 is 44.7 Å². The number of rotatable bonds is 5. The number of thiazole rings is 1. The molecule has 0 unspecified atom stereocenters. The van der Waals surface area contributed by atoms with Crippen LogP contribution in [0.4, 0.5) is 5.13 Å². The van der Waals surface area contributed by atoms with E-state index in [4.69, 9.17) is 11.6 Å². The fourth-order valence-corrected chi connectivity index (χ4v) is 3.91. The van der Waals surface area contributed by atoms with Crippen LogP contribution in [0.2, 0.25) is 5.02 Å². The first kappa shape index (κ1) is 18.3. The SMILES string of the molecule is O=C(Cn1ncc2ccccc2c1=O)Nc1ncc(Cc2cccc(Cl)c2)s1. The van der Waals surface area contributed by atoms with E-state index in [1.54, 1.807) is 24.5 Å². The second-order valence-corrected chi connectivity index (χ2v) is 7.73. The van der Waals surface area contributed by atoms with Gasteiger partial charge < -0.3 is 5.32 Å². The minimum atomic E-state index is -0.353. The highest BCUT2D eigenvalue weighted by atomic mass is 35.5. The quantitative estimate of drug-likeness (QED) is 0.543. The number of hydrogen-bond donors (Lipinski definition) is 1. The normalized spacial score (nSPS) is 10.9. The third kappa shape index (κ3) is 4.11. The summed E-state index contributed by atoms with van der Waals surface area (Å²) >= 11 is 7.39. The van der Waals surface area contributed by atoms with Crippen molar-refractivity contribution in [2.45, 2.75) is 13.0 Å². The van der Waals surface area contributed by atoms with Crippen molar-refractivity contribution in [3.05, 3.63) is 86.7 Å². The molecule has 0 saturated heterocycles. The first-order chi connectivity index (χ1) is 13.6. The summed E-state index contributed by atoms with van der Waals surface area (Å²) in [6.45, 7) is -0.174. The molecule has 0 aliphatic rings. The van der Waals surface area contributed by atoms with Gasteiger partial charge in [0.1, 0.15) is 6.54 Å². The number of anilines is 1. The first-order valence-electron chi connectivity index (χ1n) is 8.52. The second-order valence-electron chi connectivity index (χ2n) is 6.18. The minimum Gasteiger partial charge on any atom is -0.300 e. The van der Waals surface area contributed by atoms with Crippen molar-refractivity contribution < 1.29 is 4.79 Å². The Morgan fingerprint density at radius 1 is 1.14 bits per heavy atom. The van der Waals surface area contributed by atoms with Crippen LogP contribution in [0.1, 0.15) is 10.4 Å². The lowest BCUT2D eigenvalue weighted by atomic mass is 10.1. The van der Waals surface area contributed by atoms with Crippen LogP contribution in [0.25, 0.3) is 10.8 Å². The molecule has 0 atom stereocenters. The van der Waals surface area contributed by atoms with Crippen LogP contribution in [0, 0.1) is 0 Å². The molecule has 0 bridgehead atoms. The van der Waals surface area contributed by atoms with Gasteiger partial charge in [-0.15, -0.1) is 11.3 Å². The Kier molecular flexibility index (Phi) is 5.18. The number of fused-ring (bicyclic) bond motifs is 1. The van der Waals surface area contributed by atoms with Gasteiger partial charge in [0.25, 0.3) is 5.56 Å². The van der Waals surface area contributed by atoms with E-state index in [2.05, 4.69) is 15.4 Å². The minimum absolute atomic E-state index is 0.174. The molecule has 6 nitrogen and oxygen atoms in total. The maximum absolute atomic E-state index is 12.4. The van der Waals surface area contributed by atoms with Crippen molar-refractivity contribution in [2.24, 2.45) is 0 Å². The number of halogens is 1. The molecule has 1 N–H and O–H groups in total. The van der Waals surface area contributed by atoms with E-state index in [1.807, 2.05) is 36.4 Å². The topological polar surface area (TPSA) is 76.9 Å². The second kappa shape index (κ2) is 7.92. The summed E-state index contributed by atoms with van der Waals surface area (Å²) in [5, 5.41) is 9.24. The van der Waals surface area contributed by atoms with Crippen LogP contribution in [-0.4, -0.2) is 20.7 Å². The highest BCUT2D eigenvalue weighted by Gasteiger charge is 2.11.